The molecule has 0 bridgehead atoms. The van der Waals surface area contributed by atoms with E-state index in [1.54, 1.807) is 0 Å². The van der Waals surface area contributed by atoms with Crippen molar-refractivity contribution in [2.24, 2.45) is 5.14 Å². The smallest absolute Gasteiger partial charge is 0.288 e. The van der Waals surface area contributed by atoms with Crippen LogP contribution in [-0.4, -0.2) is 55.5 Å². The minimum absolute atomic E-state index is 0.0558. The third kappa shape index (κ3) is 3.41. The van der Waals surface area contributed by atoms with Crippen LogP contribution in [0.1, 0.15) is 18.0 Å². The second kappa shape index (κ2) is 5.38. The lowest BCUT2D eigenvalue weighted by Gasteiger charge is -2.26. The van der Waals surface area contributed by atoms with Crippen LogP contribution in [0.15, 0.2) is 8.42 Å². The molecular weight excluding hydrogens is 360 g/mol. The molecule has 1 unspecified atom stereocenters. The maximum Gasteiger partial charge on any atom is 0.288 e. The molecule has 0 spiro atoms. The number of sulfonamides is 1. The number of hydrogen-bond donors (Lipinski definition) is 6. The van der Waals surface area contributed by atoms with Gasteiger partial charge < -0.3 is 25.7 Å². The zero-order chi connectivity index (χ0) is 16.9. The molecule has 0 aromatic carbocycles. The summed E-state index contributed by atoms with van der Waals surface area (Å²) in [5.41, 5.74) is -0.204. The van der Waals surface area contributed by atoms with Crippen LogP contribution in [-0.2, 0) is 19.9 Å². The topological polar surface area (TPSA) is 187 Å². The molecule has 0 saturated carbocycles. The number of nitrogens with two attached hydrogens (primary N) is 1. The molecule has 126 valence electrons. The Labute approximate surface area is 129 Å². The molecule has 7 N–H and O–H groups in total. The SMILES string of the molecule is NS(=O)(=O)c1sc2c(c1O)C(NCC(O)(O)O)CCS2(=O)=O. The summed E-state index contributed by atoms with van der Waals surface area (Å²) in [7, 11) is -8.10. The van der Waals surface area contributed by atoms with E-state index in [9.17, 15) is 21.9 Å². The Balaban J connectivity index is 2.53. The molecule has 0 saturated heterocycles. The molecule has 10 nitrogen and oxygen atoms in total. The Morgan fingerprint density at radius 3 is 2.45 bits per heavy atom. The Kier molecular flexibility index (Phi) is 4.29. The molecule has 13 heteroatoms. The fraction of sp³-hybridized carbons (Fsp3) is 0.556. The lowest BCUT2D eigenvalue weighted by Crippen LogP contribution is -2.42. The summed E-state index contributed by atoms with van der Waals surface area (Å²) in [4.78, 5) is 0. The van der Waals surface area contributed by atoms with Gasteiger partial charge in [-0.1, -0.05) is 0 Å². The molecule has 1 atom stereocenters. The second-order valence-corrected chi connectivity index (χ2v) is 9.88. The van der Waals surface area contributed by atoms with Gasteiger partial charge in [-0.3, -0.25) is 0 Å². The quantitative estimate of drug-likeness (QED) is 0.311. The van der Waals surface area contributed by atoms with Gasteiger partial charge in [-0.25, -0.2) is 22.0 Å². The molecule has 0 fully saturated rings. The van der Waals surface area contributed by atoms with Crippen LogP contribution in [0.2, 0.25) is 0 Å². The van der Waals surface area contributed by atoms with Gasteiger partial charge in [0.15, 0.2) is 19.8 Å². The number of thiophene rings is 1. The summed E-state index contributed by atoms with van der Waals surface area (Å²) in [6, 6.07) is -0.893. The summed E-state index contributed by atoms with van der Waals surface area (Å²) >= 11 is 0.335. The predicted molar refractivity (Wildman–Crippen MR) is 74.2 cm³/mol. The van der Waals surface area contributed by atoms with Crippen LogP contribution in [0, 0.1) is 0 Å². The van der Waals surface area contributed by atoms with Crippen molar-refractivity contribution < 1.29 is 37.3 Å². The van der Waals surface area contributed by atoms with Gasteiger partial charge in [0.25, 0.3) is 16.0 Å². The zero-order valence-corrected chi connectivity index (χ0v) is 13.4. The lowest BCUT2D eigenvalue weighted by atomic mass is 10.1. The summed E-state index contributed by atoms with van der Waals surface area (Å²) in [6.07, 6.45) is -0.0558. The van der Waals surface area contributed by atoms with E-state index in [0.29, 0.717) is 11.3 Å². The first-order chi connectivity index (χ1) is 9.83. The average molecular weight is 374 g/mol. The molecule has 1 aliphatic rings. The predicted octanol–water partition coefficient (Wildman–Crippen LogP) is -2.46. The minimum Gasteiger partial charge on any atom is -0.505 e. The van der Waals surface area contributed by atoms with Gasteiger partial charge in [0.2, 0.25) is 0 Å². The van der Waals surface area contributed by atoms with Crippen molar-refractivity contribution in [1.29, 1.82) is 0 Å². The van der Waals surface area contributed by atoms with Crippen molar-refractivity contribution in [2.45, 2.75) is 26.9 Å². The van der Waals surface area contributed by atoms with Crippen LogP contribution in [0.5, 0.6) is 5.75 Å². The number of sulfone groups is 1. The standard InChI is InChI=1S/C9H14N2O8S3/c10-22(18,19)8-6(12)5-4(11-3-9(13,14)15)1-2-21(16,17)7(5)20-8/h4,11-15H,1-3H2,(H2,10,18,19). The summed E-state index contributed by atoms with van der Waals surface area (Å²) in [5, 5.41) is 44.0. The molecular formula is C9H14N2O8S3. The number of aromatic hydroxyl groups is 1. The van der Waals surface area contributed by atoms with E-state index < -0.39 is 48.4 Å². The first kappa shape index (κ1) is 17.6. The van der Waals surface area contributed by atoms with E-state index in [1.165, 1.54) is 0 Å². The van der Waals surface area contributed by atoms with Gasteiger partial charge in [0.05, 0.1) is 12.3 Å². The Morgan fingerprint density at radius 1 is 1.36 bits per heavy atom. The number of rotatable bonds is 4. The normalized spacial score (nSPS) is 21.5. The van der Waals surface area contributed by atoms with E-state index in [2.05, 4.69) is 5.32 Å². The lowest BCUT2D eigenvalue weighted by molar-refractivity contribution is -0.307. The summed E-state index contributed by atoms with van der Waals surface area (Å²) in [5.74, 6) is -4.16. The van der Waals surface area contributed by atoms with Crippen LogP contribution in [0.25, 0.3) is 0 Å². The van der Waals surface area contributed by atoms with Crippen molar-refractivity contribution >= 4 is 31.2 Å². The maximum atomic E-state index is 12.0. The fourth-order valence-corrected chi connectivity index (χ4v) is 6.39. The zero-order valence-electron chi connectivity index (χ0n) is 10.9. The van der Waals surface area contributed by atoms with Crippen LogP contribution < -0.4 is 10.5 Å². The molecule has 1 aliphatic heterocycles. The Hall–Kier alpha value is -0.800. The largest absolute Gasteiger partial charge is 0.505 e. The highest BCUT2D eigenvalue weighted by molar-refractivity contribution is 7.95. The highest BCUT2D eigenvalue weighted by Gasteiger charge is 2.39. The van der Waals surface area contributed by atoms with Crippen LogP contribution in [0.4, 0.5) is 0 Å². The summed E-state index contributed by atoms with van der Waals surface area (Å²) < 4.78 is 45.8. The Bertz CT molecular complexity index is 790. The first-order valence-corrected chi connectivity index (χ1v) is 9.86. The maximum absolute atomic E-state index is 12.0. The third-order valence-corrected chi connectivity index (χ3v) is 8.01. The third-order valence-electron chi connectivity index (χ3n) is 3.00. The average Bonchev–Trinajstić information content (AvgIpc) is 2.66. The van der Waals surface area contributed by atoms with Gasteiger partial charge in [0.1, 0.15) is 4.21 Å². The highest BCUT2D eigenvalue weighted by Crippen LogP contribution is 2.47. The van der Waals surface area contributed by atoms with Gasteiger partial charge in [-0.15, -0.1) is 11.3 Å². The van der Waals surface area contributed by atoms with E-state index >= 15 is 0 Å². The number of aliphatic hydroxyl groups is 3. The fourth-order valence-electron chi connectivity index (χ4n) is 2.10. The van der Waals surface area contributed by atoms with E-state index in [4.69, 9.17) is 20.5 Å². The van der Waals surface area contributed by atoms with Crippen molar-refractivity contribution in [2.75, 3.05) is 12.3 Å². The number of nitrogens with one attached hydrogen (secondary N) is 1. The number of primary sulfonamides is 1. The molecule has 0 amide bonds. The minimum atomic E-state index is -4.32. The van der Waals surface area contributed by atoms with Crippen molar-refractivity contribution in [1.82, 2.24) is 5.32 Å². The van der Waals surface area contributed by atoms with E-state index in [1.807, 2.05) is 0 Å². The molecule has 22 heavy (non-hydrogen) atoms. The van der Waals surface area contributed by atoms with Gasteiger partial charge >= 0.3 is 0 Å². The van der Waals surface area contributed by atoms with Crippen molar-refractivity contribution in [3.8, 4) is 5.75 Å². The molecule has 2 heterocycles. The van der Waals surface area contributed by atoms with Crippen LogP contribution in [0.3, 0.4) is 0 Å². The molecule has 0 radical (unpaired) electrons. The molecule has 2 rings (SSSR count). The van der Waals surface area contributed by atoms with Crippen molar-refractivity contribution in [3.63, 3.8) is 0 Å². The van der Waals surface area contributed by atoms with Crippen molar-refractivity contribution in [3.05, 3.63) is 5.56 Å². The monoisotopic (exact) mass is 374 g/mol. The van der Waals surface area contributed by atoms with Gasteiger partial charge in [0, 0.05) is 11.6 Å². The Morgan fingerprint density at radius 2 is 1.95 bits per heavy atom. The van der Waals surface area contributed by atoms with Crippen LogP contribution >= 0.6 is 11.3 Å². The number of fused-ring (bicyclic) bond motifs is 1. The van der Waals surface area contributed by atoms with E-state index in [-0.39, 0.29) is 21.9 Å². The molecule has 1 aromatic heterocycles. The number of hydrogen-bond acceptors (Lipinski definition) is 10. The second-order valence-electron chi connectivity index (χ2n) is 4.80. The molecule has 1 aromatic rings. The highest BCUT2D eigenvalue weighted by atomic mass is 32.3. The van der Waals surface area contributed by atoms with Gasteiger partial charge in [-0.2, -0.15) is 0 Å². The molecule has 0 aliphatic carbocycles. The van der Waals surface area contributed by atoms with E-state index in [0.717, 1.165) is 0 Å². The first-order valence-electron chi connectivity index (χ1n) is 5.84. The summed E-state index contributed by atoms with van der Waals surface area (Å²) in [6.45, 7) is -0.739. The van der Waals surface area contributed by atoms with Gasteiger partial charge in [-0.05, 0) is 6.42 Å².